The van der Waals surface area contributed by atoms with Crippen molar-refractivity contribution in [1.29, 1.82) is 0 Å². The van der Waals surface area contributed by atoms with E-state index in [9.17, 15) is 9.59 Å². The molecular weight excluding hydrogens is 378 g/mol. The number of nitrogens with zero attached hydrogens (tertiary/aromatic N) is 3. The molecule has 0 atom stereocenters. The summed E-state index contributed by atoms with van der Waals surface area (Å²) in [5.41, 5.74) is 2.85. The van der Waals surface area contributed by atoms with Crippen molar-refractivity contribution in [2.75, 3.05) is 26.2 Å². The van der Waals surface area contributed by atoms with E-state index in [2.05, 4.69) is 4.98 Å². The standard InChI is InChI=1S/C24H25N3O3/c1-18-7-9-19(10-8-18)21-17-25-22(30-21)11-12-23(28)26-13-15-27(16-14-26)24(29)20-5-3-2-4-6-20/h2-10,17H,11-16H2,1H3. The Balaban J connectivity index is 1.26. The van der Waals surface area contributed by atoms with Gasteiger partial charge in [0.15, 0.2) is 11.7 Å². The Morgan fingerprint density at radius 2 is 1.60 bits per heavy atom. The number of hydrogen-bond donors (Lipinski definition) is 0. The molecule has 0 radical (unpaired) electrons. The van der Waals surface area contributed by atoms with Gasteiger partial charge in [-0.15, -0.1) is 0 Å². The Hall–Kier alpha value is -3.41. The van der Waals surface area contributed by atoms with Crippen molar-refractivity contribution >= 4 is 11.8 Å². The maximum atomic E-state index is 12.6. The van der Waals surface area contributed by atoms with Gasteiger partial charge in [-0.2, -0.15) is 0 Å². The minimum absolute atomic E-state index is 0.0196. The zero-order chi connectivity index (χ0) is 20.9. The van der Waals surface area contributed by atoms with Gasteiger partial charge in [-0.3, -0.25) is 9.59 Å². The largest absolute Gasteiger partial charge is 0.441 e. The summed E-state index contributed by atoms with van der Waals surface area (Å²) in [6, 6.07) is 17.3. The van der Waals surface area contributed by atoms with Gasteiger partial charge in [0.05, 0.1) is 6.20 Å². The maximum Gasteiger partial charge on any atom is 0.253 e. The van der Waals surface area contributed by atoms with E-state index in [4.69, 9.17) is 4.42 Å². The smallest absolute Gasteiger partial charge is 0.253 e. The van der Waals surface area contributed by atoms with Crippen LogP contribution in [0.1, 0.15) is 28.2 Å². The Morgan fingerprint density at radius 3 is 2.30 bits per heavy atom. The van der Waals surface area contributed by atoms with Crippen LogP contribution in [0.5, 0.6) is 0 Å². The van der Waals surface area contributed by atoms with Crippen molar-refractivity contribution in [3.63, 3.8) is 0 Å². The summed E-state index contributed by atoms with van der Waals surface area (Å²) in [5, 5.41) is 0. The summed E-state index contributed by atoms with van der Waals surface area (Å²) in [6.45, 7) is 4.25. The predicted molar refractivity (Wildman–Crippen MR) is 114 cm³/mol. The van der Waals surface area contributed by atoms with Gasteiger partial charge in [-0.25, -0.2) is 4.98 Å². The highest BCUT2D eigenvalue weighted by molar-refractivity contribution is 5.94. The molecule has 0 saturated carbocycles. The summed E-state index contributed by atoms with van der Waals surface area (Å²) < 4.78 is 5.81. The van der Waals surface area contributed by atoms with Gasteiger partial charge in [-0.05, 0) is 19.1 Å². The van der Waals surface area contributed by atoms with E-state index in [1.165, 1.54) is 5.56 Å². The first kappa shape index (κ1) is 19.9. The normalized spacial score (nSPS) is 14.0. The summed E-state index contributed by atoms with van der Waals surface area (Å²) in [6.07, 6.45) is 2.52. The molecular formula is C24H25N3O3. The second-order valence-corrected chi connectivity index (χ2v) is 7.52. The fourth-order valence-electron chi connectivity index (χ4n) is 3.57. The molecule has 2 amide bonds. The van der Waals surface area contributed by atoms with Crippen LogP contribution in [-0.2, 0) is 11.2 Å². The maximum absolute atomic E-state index is 12.6. The van der Waals surface area contributed by atoms with Crippen molar-refractivity contribution in [2.45, 2.75) is 19.8 Å². The second kappa shape index (κ2) is 8.95. The summed E-state index contributed by atoms with van der Waals surface area (Å²) >= 11 is 0. The number of carbonyl (C=O) groups is 2. The number of benzene rings is 2. The van der Waals surface area contributed by atoms with Gasteiger partial charge in [0.2, 0.25) is 5.91 Å². The molecule has 1 fully saturated rings. The molecule has 154 valence electrons. The molecule has 1 aliphatic rings. The number of rotatable bonds is 5. The molecule has 0 unspecified atom stereocenters. The van der Waals surface area contributed by atoms with E-state index < -0.39 is 0 Å². The fraction of sp³-hybridized carbons (Fsp3) is 0.292. The SMILES string of the molecule is Cc1ccc(-c2cnc(CCC(=O)N3CCN(C(=O)c4ccccc4)CC3)o2)cc1. The van der Waals surface area contributed by atoms with Crippen molar-refractivity contribution in [3.8, 4) is 11.3 Å². The Kier molecular flexibility index (Phi) is 5.93. The van der Waals surface area contributed by atoms with Gasteiger partial charge in [0, 0.05) is 50.1 Å². The third-order valence-corrected chi connectivity index (χ3v) is 5.38. The lowest BCUT2D eigenvalue weighted by Gasteiger charge is -2.34. The lowest BCUT2D eigenvalue weighted by atomic mass is 10.1. The average molecular weight is 403 g/mol. The van der Waals surface area contributed by atoms with Crippen molar-refractivity contribution in [1.82, 2.24) is 14.8 Å². The molecule has 2 heterocycles. The number of amides is 2. The van der Waals surface area contributed by atoms with Gasteiger partial charge in [0.1, 0.15) is 0 Å². The highest BCUT2D eigenvalue weighted by Gasteiger charge is 2.24. The van der Waals surface area contributed by atoms with E-state index in [1.807, 2.05) is 66.4 Å². The Labute approximate surface area is 176 Å². The molecule has 3 aromatic rings. The third kappa shape index (κ3) is 4.59. The van der Waals surface area contributed by atoms with Crippen LogP contribution in [0, 0.1) is 6.92 Å². The number of piperazine rings is 1. The van der Waals surface area contributed by atoms with Crippen LogP contribution >= 0.6 is 0 Å². The van der Waals surface area contributed by atoms with Crippen molar-refractivity contribution in [2.24, 2.45) is 0 Å². The molecule has 1 saturated heterocycles. The minimum Gasteiger partial charge on any atom is -0.441 e. The van der Waals surface area contributed by atoms with Crippen molar-refractivity contribution < 1.29 is 14.0 Å². The Bertz CT molecular complexity index is 1000. The number of hydrogen-bond acceptors (Lipinski definition) is 4. The molecule has 2 aromatic carbocycles. The number of carbonyl (C=O) groups excluding carboxylic acids is 2. The predicted octanol–water partition coefficient (Wildman–Crippen LogP) is 3.57. The molecule has 0 bridgehead atoms. The highest BCUT2D eigenvalue weighted by Crippen LogP contribution is 2.21. The number of aromatic nitrogens is 1. The molecule has 30 heavy (non-hydrogen) atoms. The quantitative estimate of drug-likeness (QED) is 0.653. The molecule has 6 nitrogen and oxygen atoms in total. The van der Waals surface area contributed by atoms with E-state index in [-0.39, 0.29) is 11.8 Å². The van der Waals surface area contributed by atoms with E-state index in [1.54, 1.807) is 11.1 Å². The summed E-state index contributed by atoms with van der Waals surface area (Å²) in [7, 11) is 0. The van der Waals surface area contributed by atoms with E-state index in [0.717, 1.165) is 5.56 Å². The zero-order valence-electron chi connectivity index (χ0n) is 17.1. The number of aryl methyl sites for hydroxylation is 2. The Morgan fingerprint density at radius 1 is 0.933 bits per heavy atom. The fourth-order valence-corrected chi connectivity index (χ4v) is 3.57. The van der Waals surface area contributed by atoms with Gasteiger partial charge in [-0.1, -0.05) is 48.0 Å². The lowest BCUT2D eigenvalue weighted by Crippen LogP contribution is -2.50. The van der Waals surface area contributed by atoms with Gasteiger partial charge in [0.25, 0.3) is 5.91 Å². The molecule has 1 aliphatic heterocycles. The molecule has 0 spiro atoms. The first-order chi connectivity index (χ1) is 14.6. The van der Waals surface area contributed by atoms with Crippen LogP contribution in [0.15, 0.2) is 65.2 Å². The van der Waals surface area contributed by atoms with E-state index in [0.29, 0.717) is 56.2 Å². The van der Waals surface area contributed by atoms with Gasteiger partial charge >= 0.3 is 0 Å². The van der Waals surface area contributed by atoms with Crippen LogP contribution in [0.3, 0.4) is 0 Å². The lowest BCUT2D eigenvalue weighted by molar-refractivity contribution is -0.132. The van der Waals surface area contributed by atoms with Crippen LogP contribution in [0.4, 0.5) is 0 Å². The topological polar surface area (TPSA) is 66.7 Å². The molecule has 1 aromatic heterocycles. The average Bonchev–Trinajstić information content (AvgIpc) is 3.27. The van der Waals surface area contributed by atoms with Crippen LogP contribution in [-0.4, -0.2) is 52.8 Å². The molecule has 6 heteroatoms. The monoisotopic (exact) mass is 403 g/mol. The summed E-state index contributed by atoms with van der Waals surface area (Å²) in [5.74, 6) is 1.37. The van der Waals surface area contributed by atoms with Gasteiger partial charge < -0.3 is 14.2 Å². The second-order valence-electron chi connectivity index (χ2n) is 7.52. The number of oxazole rings is 1. The molecule has 4 rings (SSSR count). The summed E-state index contributed by atoms with van der Waals surface area (Å²) in [4.78, 5) is 33.0. The molecule has 0 aliphatic carbocycles. The zero-order valence-corrected chi connectivity index (χ0v) is 17.1. The highest BCUT2D eigenvalue weighted by atomic mass is 16.4. The third-order valence-electron chi connectivity index (χ3n) is 5.38. The first-order valence-corrected chi connectivity index (χ1v) is 10.2. The molecule has 0 N–H and O–H groups in total. The van der Waals surface area contributed by atoms with Crippen LogP contribution in [0.25, 0.3) is 11.3 Å². The van der Waals surface area contributed by atoms with Crippen molar-refractivity contribution in [3.05, 3.63) is 77.8 Å². The van der Waals surface area contributed by atoms with Crippen LogP contribution in [0.2, 0.25) is 0 Å². The first-order valence-electron chi connectivity index (χ1n) is 10.2. The minimum atomic E-state index is 0.0196. The van der Waals surface area contributed by atoms with E-state index >= 15 is 0 Å². The van der Waals surface area contributed by atoms with Crippen LogP contribution < -0.4 is 0 Å².